The van der Waals surface area contributed by atoms with E-state index in [2.05, 4.69) is 102 Å². The van der Waals surface area contributed by atoms with Gasteiger partial charge in [-0.15, -0.1) is 24.8 Å². The molecular formula is C28H36Cl2SiZr. The van der Waals surface area contributed by atoms with E-state index >= 15 is 0 Å². The maximum absolute atomic E-state index is 2.62. The number of halogens is 2. The third kappa shape index (κ3) is 4.50. The summed E-state index contributed by atoms with van der Waals surface area (Å²) in [5, 5.41) is 0. The van der Waals surface area contributed by atoms with Crippen molar-refractivity contribution in [2.24, 2.45) is 5.92 Å². The third-order valence-electron chi connectivity index (χ3n) is 7.41. The largest absolute Gasteiger partial charge is 0.147 e. The van der Waals surface area contributed by atoms with Crippen molar-refractivity contribution in [1.82, 2.24) is 0 Å². The molecule has 2 aliphatic rings. The second-order valence-electron chi connectivity index (χ2n) is 9.12. The summed E-state index contributed by atoms with van der Waals surface area (Å²) in [6, 6.07) is 20.5. The summed E-state index contributed by atoms with van der Waals surface area (Å²) in [4.78, 5) is 0. The van der Waals surface area contributed by atoms with Crippen LogP contribution >= 0.6 is 24.8 Å². The number of fused-ring (bicyclic) bond motifs is 1. The predicted molar refractivity (Wildman–Crippen MR) is 144 cm³/mol. The van der Waals surface area contributed by atoms with Gasteiger partial charge in [-0.2, -0.15) is 0 Å². The van der Waals surface area contributed by atoms with Gasteiger partial charge in [-0.05, 0) is 0 Å². The number of allylic oxidation sites excluding steroid dienone is 5. The van der Waals surface area contributed by atoms with Gasteiger partial charge in [0, 0.05) is 0 Å². The van der Waals surface area contributed by atoms with Crippen molar-refractivity contribution in [1.29, 1.82) is 0 Å². The predicted octanol–water partition coefficient (Wildman–Crippen LogP) is 8.93. The Morgan fingerprint density at radius 2 is 1.44 bits per heavy atom. The molecule has 0 saturated carbocycles. The van der Waals surface area contributed by atoms with Crippen molar-refractivity contribution in [3.05, 3.63) is 96.9 Å². The Balaban J connectivity index is 0.00000181. The van der Waals surface area contributed by atoms with E-state index in [-0.39, 0.29) is 30.2 Å². The topological polar surface area (TPSA) is 0 Å². The maximum Gasteiger partial charge on any atom is -0.147 e. The fraction of sp³-hybridized carbons (Fsp3) is 0.357. The second-order valence-corrected chi connectivity index (χ2v) is 26.5. The Morgan fingerprint density at radius 3 is 1.97 bits per heavy atom. The van der Waals surface area contributed by atoms with Gasteiger partial charge in [-0.1, -0.05) is 0 Å². The summed E-state index contributed by atoms with van der Waals surface area (Å²) < 4.78 is 2.63. The van der Waals surface area contributed by atoms with Crippen LogP contribution in [0.1, 0.15) is 61.4 Å². The van der Waals surface area contributed by atoms with E-state index in [4.69, 9.17) is 0 Å². The van der Waals surface area contributed by atoms with E-state index in [1.54, 1.807) is 33.4 Å². The van der Waals surface area contributed by atoms with E-state index < -0.39 is 20.4 Å². The van der Waals surface area contributed by atoms with E-state index in [1.165, 1.54) is 11.1 Å². The van der Waals surface area contributed by atoms with Gasteiger partial charge in [0.05, 0.1) is 0 Å². The molecule has 0 amide bonds. The first kappa shape index (κ1) is 27.6. The van der Waals surface area contributed by atoms with Crippen LogP contribution in [0.25, 0.3) is 5.57 Å². The number of hydrogen-bond donors (Lipinski definition) is 0. The molecule has 0 bridgehead atoms. The number of benzene rings is 2. The molecule has 4 heteroatoms. The van der Waals surface area contributed by atoms with Crippen LogP contribution in [0.2, 0.25) is 13.1 Å². The smallest absolute Gasteiger partial charge is 0.147 e. The molecule has 0 radical (unpaired) electrons. The summed E-state index contributed by atoms with van der Waals surface area (Å²) in [6.07, 6.45) is 1.16. The average Bonchev–Trinajstić information content (AvgIpc) is 3.18. The molecule has 0 saturated heterocycles. The SMILES string of the molecule is CCC1=C(c2ccccc2)c2ccccc2[CH]1[Zr]([C]1=C(C)C(C)=C(C)C1C)=[Si](C)C.Cl.Cl. The zero-order valence-corrected chi connectivity index (χ0v) is 25.5. The molecule has 2 atom stereocenters. The van der Waals surface area contributed by atoms with E-state index in [9.17, 15) is 0 Å². The van der Waals surface area contributed by atoms with Gasteiger partial charge in [-0.3, -0.25) is 0 Å². The average molecular weight is 563 g/mol. The summed E-state index contributed by atoms with van der Waals surface area (Å²) in [7, 11) is 0. The van der Waals surface area contributed by atoms with Gasteiger partial charge in [-0.25, -0.2) is 0 Å². The Kier molecular flexibility index (Phi) is 9.63. The number of hydrogen-bond acceptors (Lipinski definition) is 0. The van der Waals surface area contributed by atoms with Gasteiger partial charge in [0.15, 0.2) is 0 Å². The van der Waals surface area contributed by atoms with Crippen LogP contribution in [0.5, 0.6) is 0 Å². The zero-order chi connectivity index (χ0) is 21.6. The molecule has 170 valence electrons. The molecule has 4 rings (SSSR count). The standard InChI is InChI=1S/C17H15.C9H13.C2H6Si.2ClH.Zr/c1-2-13-12-15-10-6-7-11-16(15)17(13)14-8-4-3-5-9-14;1-6-5-7(2)9(4)8(6)3;1-3-2;;;/h3-12H,2H2,1H3;6H,1-4H3;1-2H3;2*1H;. The van der Waals surface area contributed by atoms with Crippen LogP contribution in [0.3, 0.4) is 0 Å². The Labute approximate surface area is 215 Å². The summed E-state index contributed by atoms with van der Waals surface area (Å²) >= 11 is -1.96. The van der Waals surface area contributed by atoms with E-state index in [1.807, 2.05) is 3.28 Å². The minimum Gasteiger partial charge on any atom is -0.147 e. The van der Waals surface area contributed by atoms with Crippen molar-refractivity contribution >= 4 is 35.8 Å². The molecular weight excluding hydrogens is 527 g/mol. The third-order valence-corrected chi connectivity index (χ3v) is 26.2. The molecule has 2 aromatic rings. The summed E-state index contributed by atoms with van der Waals surface area (Å²) in [5.41, 5.74) is 12.3. The van der Waals surface area contributed by atoms with Crippen LogP contribution in [-0.4, -0.2) is 5.43 Å². The van der Waals surface area contributed by atoms with Crippen LogP contribution in [0.15, 0.2) is 80.2 Å². The minimum atomic E-state index is -1.96. The molecule has 0 aromatic heterocycles. The quantitative estimate of drug-likeness (QED) is 0.326. The van der Waals surface area contributed by atoms with Gasteiger partial charge >= 0.3 is 192 Å². The number of rotatable bonds is 4. The van der Waals surface area contributed by atoms with Crippen LogP contribution in [-0.2, 0) is 20.4 Å². The Morgan fingerprint density at radius 1 is 0.844 bits per heavy atom. The Bertz CT molecular complexity index is 1140. The molecule has 0 nitrogen and oxygen atoms in total. The molecule has 0 spiro atoms. The molecule has 2 aliphatic carbocycles. The summed E-state index contributed by atoms with van der Waals surface area (Å²) in [6.45, 7) is 17.3. The van der Waals surface area contributed by atoms with Gasteiger partial charge in [0.25, 0.3) is 0 Å². The molecule has 0 aliphatic heterocycles. The molecule has 2 aromatic carbocycles. The van der Waals surface area contributed by atoms with Crippen molar-refractivity contribution in [3.63, 3.8) is 0 Å². The maximum atomic E-state index is 2.62. The van der Waals surface area contributed by atoms with Crippen LogP contribution in [0.4, 0.5) is 0 Å². The van der Waals surface area contributed by atoms with Crippen molar-refractivity contribution in [2.45, 2.75) is 57.8 Å². The molecule has 2 unspecified atom stereocenters. The minimum absolute atomic E-state index is 0. The molecule has 32 heavy (non-hydrogen) atoms. The first-order valence-electron chi connectivity index (χ1n) is 11.3. The Hall–Kier alpha value is -0.660. The fourth-order valence-corrected chi connectivity index (χ4v) is 26.3. The first-order chi connectivity index (χ1) is 14.4. The van der Waals surface area contributed by atoms with Gasteiger partial charge in [0.1, 0.15) is 0 Å². The molecule has 0 heterocycles. The molecule has 0 fully saturated rings. The monoisotopic (exact) mass is 560 g/mol. The molecule has 0 N–H and O–H groups in total. The van der Waals surface area contributed by atoms with Crippen LogP contribution < -0.4 is 0 Å². The normalized spacial score (nSPS) is 19.6. The van der Waals surface area contributed by atoms with Crippen molar-refractivity contribution in [2.75, 3.05) is 0 Å². The van der Waals surface area contributed by atoms with Gasteiger partial charge in [0.2, 0.25) is 0 Å². The van der Waals surface area contributed by atoms with E-state index in [0.29, 0.717) is 9.54 Å². The zero-order valence-electron chi connectivity index (χ0n) is 20.4. The van der Waals surface area contributed by atoms with E-state index in [0.717, 1.165) is 6.42 Å². The van der Waals surface area contributed by atoms with Crippen molar-refractivity contribution in [3.8, 4) is 0 Å². The van der Waals surface area contributed by atoms with Gasteiger partial charge < -0.3 is 0 Å². The second kappa shape index (κ2) is 11.2. The fourth-order valence-electron chi connectivity index (χ4n) is 5.65. The first-order valence-corrected chi connectivity index (χ1v) is 20.2. The van der Waals surface area contributed by atoms with Crippen molar-refractivity contribution < 1.29 is 20.4 Å². The van der Waals surface area contributed by atoms with Crippen LogP contribution in [0, 0.1) is 5.92 Å². The summed E-state index contributed by atoms with van der Waals surface area (Å²) in [5.74, 6) is 0.658.